The van der Waals surface area contributed by atoms with Crippen LogP contribution in [0.25, 0.3) is 12.2 Å². The zero-order chi connectivity index (χ0) is 34.1. The molecule has 10 heteroatoms. The van der Waals surface area contributed by atoms with Crippen molar-refractivity contribution < 1.29 is 33.4 Å². The highest BCUT2D eigenvalue weighted by Gasteiger charge is 2.67. The van der Waals surface area contributed by atoms with Crippen LogP contribution in [-0.2, 0) is 19.2 Å². The number of phenolic OH excluding ortho intramolecular Hbond substituents is 1. The van der Waals surface area contributed by atoms with Gasteiger partial charge in [-0.05, 0) is 79.3 Å². The molecule has 4 amide bonds. The second kappa shape index (κ2) is 11.6. The van der Waals surface area contributed by atoms with Gasteiger partial charge in [0.1, 0.15) is 5.82 Å². The molecule has 7 rings (SSSR count). The van der Waals surface area contributed by atoms with Crippen molar-refractivity contribution in [2.45, 2.75) is 19.8 Å². The van der Waals surface area contributed by atoms with Crippen LogP contribution >= 0.6 is 11.6 Å². The van der Waals surface area contributed by atoms with Gasteiger partial charge in [0, 0.05) is 5.92 Å². The van der Waals surface area contributed by atoms with Gasteiger partial charge in [-0.2, -0.15) is 0 Å². The van der Waals surface area contributed by atoms with E-state index in [0.29, 0.717) is 17.7 Å². The molecule has 0 bridgehead atoms. The van der Waals surface area contributed by atoms with E-state index in [1.165, 1.54) is 30.2 Å². The maximum atomic E-state index is 14.5. The van der Waals surface area contributed by atoms with Crippen molar-refractivity contribution in [2.24, 2.45) is 35.0 Å². The Kier molecular flexibility index (Phi) is 7.63. The molecule has 2 saturated heterocycles. The standard InChI is InChI=1S/C38H32ClFN2O6/c1-4-20-5-9-22(10-6-20)41-34(44)25-13-12-24-26(33(25)36(41)46)19-28-35(45)42(23-11-15-30(40)29(39)18-23)37(47)38(28,2)27(24)14-7-21-8-16-31(43)32(17-21)48-3/h4-12,14-18,25-28,33,43H,1,13,19H2,2-3H3. The first-order valence-electron chi connectivity index (χ1n) is 15.7. The number of hydrogen-bond acceptors (Lipinski definition) is 6. The van der Waals surface area contributed by atoms with Crippen molar-refractivity contribution in [3.8, 4) is 11.5 Å². The Labute approximate surface area is 281 Å². The first-order valence-corrected chi connectivity index (χ1v) is 16.1. The molecule has 0 radical (unpaired) electrons. The molecule has 3 aromatic rings. The van der Waals surface area contributed by atoms with Gasteiger partial charge in [-0.15, -0.1) is 0 Å². The summed E-state index contributed by atoms with van der Waals surface area (Å²) in [5, 5.41) is 9.90. The molecule has 3 fully saturated rings. The van der Waals surface area contributed by atoms with Gasteiger partial charge >= 0.3 is 0 Å². The predicted molar refractivity (Wildman–Crippen MR) is 179 cm³/mol. The number of phenols is 1. The summed E-state index contributed by atoms with van der Waals surface area (Å²) >= 11 is 6.08. The third-order valence-electron chi connectivity index (χ3n) is 10.6. The van der Waals surface area contributed by atoms with Gasteiger partial charge in [0.2, 0.25) is 23.6 Å². The van der Waals surface area contributed by atoms with Crippen LogP contribution in [0.1, 0.15) is 30.9 Å². The number of methoxy groups -OCH3 is 1. The Bertz CT molecular complexity index is 1970. The van der Waals surface area contributed by atoms with Crippen LogP contribution in [-0.4, -0.2) is 35.8 Å². The summed E-state index contributed by atoms with van der Waals surface area (Å²) in [4.78, 5) is 59.1. The molecule has 4 aliphatic rings. The minimum absolute atomic E-state index is 0.0290. The average molecular weight is 667 g/mol. The second-order valence-electron chi connectivity index (χ2n) is 12.9. The molecule has 6 unspecified atom stereocenters. The smallest absolute Gasteiger partial charge is 0.241 e. The number of hydrogen-bond donors (Lipinski definition) is 1. The lowest BCUT2D eigenvalue weighted by Crippen LogP contribution is -2.49. The lowest BCUT2D eigenvalue weighted by atomic mass is 9.52. The highest BCUT2D eigenvalue weighted by atomic mass is 35.5. The molecular weight excluding hydrogens is 635 g/mol. The van der Waals surface area contributed by atoms with Crippen molar-refractivity contribution in [1.29, 1.82) is 0 Å². The highest BCUT2D eigenvalue weighted by Crippen LogP contribution is 2.61. The molecule has 1 N–H and O–H groups in total. The monoisotopic (exact) mass is 666 g/mol. The highest BCUT2D eigenvalue weighted by molar-refractivity contribution is 6.31. The summed E-state index contributed by atoms with van der Waals surface area (Å²) in [5.41, 5.74) is 1.72. The summed E-state index contributed by atoms with van der Waals surface area (Å²) < 4.78 is 19.4. The number of imide groups is 2. The van der Waals surface area contributed by atoms with Crippen molar-refractivity contribution in [3.63, 3.8) is 0 Å². The van der Waals surface area contributed by atoms with Gasteiger partial charge in [0.15, 0.2) is 11.5 Å². The van der Waals surface area contributed by atoms with Crippen molar-refractivity contribution >= 4 is 58.8 Å². The van der Waals surface area contributed by atoms with E-state index in [9.17, 15) is 28.7 Å². The summed E-state index contributed by atoms with van der Waals surface area (Å²) in [6.07, 6.45) is 7.78. The van der Waals surface area contributed by atoms with Gasteiger partial charge in [0.05, 0.1) is 46.7 Å². The van der Waals surface area contributed by atoms with Crippen LogP contribution in [0, 0.1) is 40.8 Å². The molecular formula is C38H32ClFN2O6. The largest absolute Gasteiger partial charge is 0.504 e. The minimum atomic E-state index is -1.27. The molecule has 8 nitrogen and oxygen atoms in total. The van der Waals surface area contributed by atoms with E-state index < -0.39 is 52.6 Å². The molecule has 3 aromatic carbocycles. The molecule has 0 aromatic heterocycles. The molecule has 0 spiro atoms. The number of fused-ring (bicyclic) bond motifs is 4. The first-order chi connectivity index (χ1) is 23.0. The Balaban J connectivity index is 1.32. The molecule has 244 valence electrons. The van der Waals surface area contributed by atoms with Gasteiger partial charge in [-0.3, -0.25) is 24.1 Å². The summed E-state index contributed by atoms with van der Waals surface area (Å²) in [6, 6.07) is 15.6. The van der Waals surface area contributed by atoms with E-state index in [1.807, 2.05) is 12.2 Å². The van der Waals surface area contributed by atoms with Gasteiger partial charge in [-0.1, -0.05) is 66.3 Å². The lowest BCUT2D eigenvalue weighted by Gasteiger charge is -2.47. The zero-order valence-corrected chi connectivity index (χ0v) is 27.0. The van der Waals surface area contributed by atoms with Crippen LogP contribution in [0.3, 0.4) is 0 Å². The molecule has 2 aliphatic heterocycles. The Morgan fingerprint density at radius 1 is 0.938 bits per heavy atom. The Hall–Kier alpha value is -5.02. The van der Waals surface area contributed by atoms with Crippen LogP contribution in [0.15, 0.2) is 85.0 Å². The van der Waals surface area contributed by atoms with Gasteiger partial charge < -0.3 is 9.84 Å². The average Bonchev–Trinajstić information content (AvgIpc) is 3.45. The fraction of sp³-hybridized carbons (Fsp3) is 0.263. The number of amides is 4. The zero-order valence-electron chi connectivity index (χ0n) is 26.2. The third-order valence-corrected chi connectivity index (χ3v) is 10.9. The summed E-state index contributed by atoms with van der Waals surface area (Å²) in [7, 11) is 1.44. The van der Waals surface area contributed by atoms with Crippen molar-refractivity contribution in [1.82, 2.24) is 0 Å². The number of ether oxygens (including phenoxy) is 1. The fourth-order valence-electron chi connectivity index (χ4n) is 8.11. The number of halogens is 2. The van der Waals surface area contributed by atoms with E-state index in [1.54, 1.807) is 55.5 Å². The van der Waals surface area contributed by atoms with Crippen LogP contribution < -0.4 is 14.5 Å². The number of carbonyl (C=O) groups excluding carboxylic acids is 4. The predicted octanol–water partition coefficient (Wildman–Crippen LogP) is 6.82. The maximum Gasteiger partial charge on any atom is 0.241 e. The molecule has 2 heterocycles. The molecule has 48 heavy (non-hydrogen) atoms. The van der Waals surface area contributed by atoms with E-state index in [4.69, 9.17) is 16.3 Å². The SMILES string of the molecule is C=Cc1ccc(N2C(=O)C3CC=C4C(CC5C(=O)N(c6ccc(F)c(Cl)c6)C(=O)C5(C)C4C=Cc4ccc(O)c(OC)c4)C3C2=O)cc1. The van der Waals surface area contributed by atoms with Crippen LogP contribution in [0.2, 0.25) is 5.02 Å². The van der Waals surface area contributed by atoms with E-state index in [2.05, 4.69) is 6.58 Å². The Morgan fingerprint density at radius 2 is 1.65 bits per heavy atom. The molecule has 2 aliphatic carbocycles. The lowest BCUT2D eigenvalue weighted by molar-refractivity contribution is -0.132. The summed E-state index contributed by atoms with van der Waals surface area (Å²) in [5.74, 6) is -5.29. The van der Waals surface area contributed by atoms with Crippen LogP contribution in [0.4, 0.5) is 15.8 Å². The van der Waals surface area contributed by atoms with Crippen molar-refractivity contribution in [2.75, 3.05) is 16.9 Å². The first kappa shape index (κ1) is 31.6. The molecule has 6 atom stereocenters. The van der Waals surface area contributed by atoms with Crippen LogP contribution in [0.5, 0.6) is 11.5 Å². The molecule has 1 saturated carbocycles. The topological polar surface area (TPSA) is 104 Å². The number of aromatic hydroxyl groups is 1. The van der Waals surface area contributed by atoms with Gasteiger partial charge in [0.25, 0.3) is 0 Å². The second-order valence-corrected chi connectivity index (χ2v) is 13.3. The third kappa shape index (κ3) is 4.63. The number of rotatable bonds is 6. The number of anilines is 2. The number of benzene rings is 3. The minimum Gasteiger partial charge on any atom is -0.504 e. The van der Waals surface area contributed by atoms with E-state index in [-0.39, 0.29) is 40.4 Å². The maximum absolute atomic E-state index is 14.5. The van der Waals surface area contributed by atoms with Crippen molar-refractivity contribution in [3.05, 3.63) is 107 Å². The van der Waals surface area contributed by atoms with E-state index >= 15 is 0 Å². The van der Waals surface area contributed by atoms with Gasteiger partial charge in [-0.25, -0.2) is 9.29 Å². The summed E-state index contributed by atoms with van der Waals surface area (Å²) in [6.45, 7) is 5.52. The number of allylic oxidation sites excluding steroid dienone is 3. The fourth-order valence-corrected chi connectivity index (χ4v) is 8.28. The number of carbonyl (C=O) groups is 4. The Morgan fingerprint density at radius 3 is 2.33 bits per heavy atom. The number of nitrogens with zero attached hydrogens (tertiary/aromatic N) is 2. The normalized spacial score (nSPS) is 28.0. The quantitative estimate of drug-likeness (QED) is 0.229. The van der Waals surface area contributed by atoms with E-state index in [0.717, 1.165) is 22.1 Å².